The molecule has 0 bridgehead atoms. The maximum atomic E-state index is 13.0. The first-order valence-corrected chi connectivity index (χ1v) is 10.1. The van der Waals surface area contributed by atoms with Crippen molar-refractivity contribution >= 4 is 5.78 Å². The second kappa shape index (κ2) is 7.40. The molecule has 1 aromatic heterocycles. The lowest BCUT2D eigenvalue weighted by molar-refractivity contribution is 0.0920. The van der Waals surface area contributed by atoms with Crippen LogP contribution in [0.15, 0.2) is 30.3 Å². The second-order valence-electron chi connectivity index (χ2n) is 8.10. The molecule has 4 rings (SSSR count). The lowest BCUT2D eigenvalue weighted by Gasteiger charge is -2.28. The van der Waals surface area contributed by atoms with Crippen molar-refractivity contribution in [3.8, 4) is 0 Å². The zero-order valence-corrected chi connectivity index (χ0v) is 16.1. The van der Waals surface area contributed by atoms with Gasteiger partial charge in [-0.2, -0.15) is 0 Å². The first-order chi connectivity index (χ1) is 12.6. The Morgan fingerprint density at radius 3 is 2.58 bits per heavy atom. The number of hydrogen-bond donors (Lipinski definition) is 0. The molecule has 3 heteroatoms. The van der Waals surface area contributed by atoms with Crippen molar-refractivity contribution in [1.29, 1.82) is 0 Å². The third-order valence-corrected chi connectivity index (χ3v) is 6.30. The van der Waals surface area contributed by atoms with Gasteiger partial charge in [0.05, 0.1) is 6.54 Å². The molecule has 1 saturated carbocycles. The van der Waals surface area contributed by atoms with Crippen LogP contribution < -0.4 is 0 Å². The quantitative estimate of drug-likeness (QED) is 0.737. The fraction of sp³-hybridized carbons (Fsp3) is 0.522. The molecule has 3 nitrogen and oxygen atoms in total. The van der Waals surface area contributed by atoms with Crippen LogP contribution in [0.4, 0.5) is 0 Å². The SMILES string of the molecule is Cc1cc(C(=O)CN2CCc3ccccc3C2)c(C)n1C1CCCCC1. The van der Waals surface area contributed by atoms with E-state index in [1.165, 1.54) is 54.6 Å². The molecular weight excluding hydrogens is 320 g/mol. The van der Waals surface area contributed by atoms with Crippen molar-refractivity contribution < 1.29 is 4.79 Å². The highest BCUT2D eigenvalue weighted by Crippen LogP contribution is 2.32. The minimum atomic E-state index is 0.277. The molecule has 1 fully saturated rings. The van der Waals surface area contributed by atoms with E-state index in [1.54, 1.807) is 0 Å². The zero-order chi connectivity index (χ0) is 18.1. The van der Waals surface area contributed by atoms with E-state index in [-0.39, 0.29) is 5.78 Å². The Morgan fingerprint density at radius 1 is 1.08 bits per heavy atom. The standard InChI is InChI=1S/C23H30N2O/c1-17-14-22(18(2)25(17)21-10-4-3-5-11-21)23(26)16-24-13-12-19-8-6-7-9-20(19)15-24/h6-9,14,21H,3-5,10-13,15-16H2,1-2H3. The number of fused-ring (bicyclic) bond motifs is 1. The van der Waals surface area contributed by atoms with Crippen molar-refractivity contribution in [2.45, 2.75) is 65.0 Å². The van der Waals surface area contributed by atoms with Crippen molar-refractivity contribution in [1.82, 2.24) is 9.47 Å². The van der Waals surface area contributed by atoms with Gasteiger partial charge in [-0.1, -0.05) is 43.5 Å². The molecule has 0 N–H and O–H groups in total. The van der Waals surface area contributed by atoms with Crippen LogP contribution >= 0.6 is 0 Å². The smallest absolute Gasteiger partial charge is 0.178 e. The van der Waals surface area contributed by atoms with Gasteiger partial charge < -0.3 is 4.57 Å². The van der Waals surface area contributed by atoms with Gasteiger partial charge >= 0.3 is 0 Å². The summed E-state index contributed by atoms with van der Waals surface area (Å²) in [6, 6.07) is 11.3. The Hall–Kier alpha value is -1.87. The summed E-state index contributed by atoms with van der Waals surface area (Å²) in [5.41, 5.74) is 6.18. The molecule has 1 aromatic carbocycles. The maximum absolute atomic E-state index is 13.0. The predicted octanol–water partition coefficient (Wildman–Crippen LogP) is 4.85. The van der Waals surface area contributed by atoms with E-state index in [0.29, 0.717) is 12.6 Å². The van der Waals surface area contributed by atoms with Crippen molar-refractivity contribution in [3.05, 3.63) is 58.4 Å². The summed E-state index contributed by atoms with van der Waals surface area (Å²) in [6.07, 6.45) is 7.55. The summed E-state index contributed by atoms with van der Waals surface area (Å²) in [5.74, 6) is 0.277. The summed E-state index contributed by atoms with van der Waals surface area (Å²) in [4.78, 5) is 15.3. The van der Waals surface area contributed by atoms with Crippen molar-refractivity contribution in [3.63, 3.8) is 0 Å². The Labute approximate surface area is 157 Å². The van der Waals surface area contributed by atoms with E-state index < -0.39 is 0 Å². The molecule has 26 heavy (non-hydrogen) atoms. The molecule has 2 heterocycles. The van der Waals surface area contributed by atoms with Gasteiger partial charge in [-0.15, -0.1) is 0 Å². The van der Waals surface area contributed by atoms with E-state index >= 15 is 0 Å². The molecule has 0 radical (unpaired) electrons. The molecule has 2 aliphatic rings. The molecule has 0 atom stereocenters. The van der Waals surface area contributed by atoms with Gasteiger partial charge in [0.25, 0.3) is 0 Å². The molecule has 1 aliphatic heterocycles. The number of Topliss-reactive ketones (excluding diaryl/α,β-unsaturated/α-hetero) is 1. The number of ketones is 1. The van der Waals surface area contributed by atoms with Crippen LogP contribution in [-0.4, -0.2) is 28.3 Å². The summed E-state index contributed by atoms with van der Waals surface area (Å²) < 4.78 is 2.44. The fourth-order valence-electron chi connectivity index (χ4n) is 4.94. The van der Waals surface area contributed by atoms with Gasteiger partial charge in [0.2, 0.25) is 0 Å². The molecule has 0 saturated heterocycles. The summed E-state index contributed by atoms with van der Waals surface area (Å²) in [7, 11) is 0. The van der Waals surface area contributed by atoms with Gasteiger partial charge in [-0.05, 0) is 50.3 Å². The lowest BCUT2D eigenvalue weighted by Crippen LogP contribution is -2.35. The highest BCUT2D eigenvalue weighted by molar-refractivity contribution is 5.99. The largest absolute Gasteiger partial charge is 0.345 e. The van der Waals surface area contributed by atoms with E-state index in [0.717, 1.165) is 25.1 Å². The minimum Gasteiger partial charge on any atom is -0.345 e. The van der Waals surface area contributed by atoms with E-state index in [4.69, 9.17) is 0 Å². The van der Waals surface area contributed by atoms with Crippen LogP contribution in [0, 0.1) is 13.8 Å². The molecule has 0 unspecified atom stereocenters. The average molecular weight is 351 g/mol. The van der Waals surface area contributed by atoms with Gasteiger partial charge in [-0.3, -0.25) is 9.69 Å². The molecule has 0 amide bonds. The number of nitrogens with zero attached hydrogens (tertiary/aromatic N) is 2. The third kappa shape index (κ3) is 3.37. The number of carbonyl (C=O) groups excluding carboxylic acids is 1. The molecular formula is C23H30N2O. The van der Waals surface area contributed by atoms with Crippen LogP contribution in [0.5, 0.6) is 0 Å². The highest BCUT2D eigenvalue weighted by atomic mass is 16.1. The number of benzene rings is 1. The lowest BCUT2D eigenvalue weighted by atomic mass is 9.95. The van der Waals surface area contributed by atoms with E-state index in [9.17, 15) is 4.79 Å². The number of aromatic nitrogens is 1. The van der Waals surface area contributed by atoms with Crippen molar-refractivity contribution in [2.75, 3.05) is 13.1 Å². The van der Waals surface area contributed by atoms with E-state index in [2.05, 4.69) is 53.6 Å². The first-order valence-electron chi connectivity index (χ1n) is 10.1. The van der Waals surface area contributed by atoms with Crippen LogP contribution in [-0.2, 0) is 13.0 Å². The van der Waals surface area contributed by atoms with Crippen LogP contribution in [0.3, 0.4) is 0 Å². The maximum Gasteiger partial charge on any atom is 0.178 e. The van der Waals surface area contributed by atoms with Gasteiger partial charge in [0.15, 0.2) is 5.78 Å². The molecule has 2 aromatic rings. The van der Waals surface area contributed by atoms with Crippen molar-refractivity contribution in [2.24, 2.45) is 0 Å². The number of hydrogen-bond acceptors (Lipinski definition) is 2. The number of aryl methyl sites for hydroxylation is 1. The second-order valence-corrected chi connectivity index (χ2v) is 8.10. The third-order valence-electron chi connectivity index (χ3n) is 6.30. The fourth-order valence-corrected chi connectivity index (χ4v) is 4.94. The topological polar surface area (TPSA) is 25.2 Å². The normalized spacial score (nSPS) is 18.7. The number of carbonyl (C=O) groups is 1. The Bertz CT molecular complexity index is 799. The van der Waals surface area contributed by atoms with Gasteiger partial charge in [-0.25, -0.2) is 0 Å². The Balaban J connectivity index is 1.49. The Kier molecular flexibility index (Phi) is 4.99. The molecule has 0 spiro atoms. The summed E-state index contributed by atoms with van der Waals surface area (Å²) >= 11 is 0. The highest BCUT2D eigenvalue weighted by Gasteiger charge is 2.24. The van der Waals surface area contributed by atoms with Crippen LogP contribution in [0.2, 0.25) is 0 Å². The summed E-state index contributed by atoms with van der Waals surface area (Å²) in [5, 5.41) is 0. The minimum absolute atomic E-state index is 0.277. The molecule has 138 valence electrons. The van der Waals surface area contributed by atoms with Gasteiger partial charge in [0, 0.05) is 36.1 Å². The first kappa shape index (κ1) is 17.5. The average Bonchev–Trinajstić information content (AvgIpc) is 2.96. The summed E-state index contributed by atoms with van der Waals surface area (Å²) in [6.45, 7) is 6.70. The Morgan fingerprint density at radius 2 is 1.81 bits per heavy atom. The van der Waals surface area contributed by atoms with Crippen LogP contribution in [0.25, 0.3) is 0 Å². The molecule has 1 aliphatic carbocycles. The predicted molar refractivity (Wildman–Crippen MR) is 106 cm³/mol. The van der Waals surface area contributed by atoms with E-state index in [1.807, 2.05) is 0 Å². The van der Waals surface area contributed by atoms with Gasteiger partial charge in [0.1, 0.15) is 0 Å². The number of rotatable bonds is 4. The monoisotopic (exact) mass is 350 g/mol. The van der Waals surface area contributed by atoms with Crippen LogP contribution in [0.1, 0.15) is 71.0 Å². The zero-order valence-electron chi connectivity index (χ0n) is 16.1.